The van der Waals surface area contributed by atoms with Crippen molar-refractivity contribution in [1.82, 2.24) is 0 Å². The molecule has 0 amide bonds. The molecule has 0 aliphatic heterocycles. The zero-order chi connectivity index (χ0) is 22.6. The summed E-state index contributed by atoms with van der Waals surface area (Å²) in [7, 11) is 0. The molecule has 0 aromatic heterocycles. The smallest absolute Gasteiger partial charge is 0.303 e. The van der Waals surface area contributed by atoms with E-state index in [1.54, 1.807) is 0 Å². The summed E-state index contributed by atoms with van der Waals surface area (Å²) in [5.41, 5.74) is 1.19. The average molecular weight is 427 g/mol. The highest BCUT2D eigenvalue weighted by molar-refractivity contribution is 5.67. The van der Waals surface area contributed by atoms with Crippen molar-refractivity contribution < 1.29 is 34.0 Å². The first-order chi connectivity index (χ1) is 14.3. The molecule has 0 radical (unpaired) electrons. The van der Waals surface area contributed by atoms with Gasteiger partial charge in [-0.3, -0.25) is 9.59 Å². The van der Waals surface area contributed by atoms with E-state index < -0.39 is 11.9 Å². The highest BCUT2D eigenvalue weighted by Crippen LogP contribution is 2.05. The second kappa shape index (κ2) is 19.0. The first-order valence-electron chi connectivity index (χ1n) is 10.6. The number of benzene rings is 1. The van der Waals surface area contributed by atoms with E-state index in [0.717, 1.165) is 13.0 Å². The van der Waals surface area contributed by atoms with Crippen LogP contribution in [0.5, 0.6) is 0 Å². The molecule has 7 nitrogen and oxygen atoms in total. The van der Waals surface area contributed by atoms with Crippen LogP contribution in [0.2, 0.25) is 0 Å². The lowest BCUT2D eigenvalue weighted by atomic mass is 10.2. The van der Waals surface area contributed by atoms with Crippen LogP contribution in [-0.2, 0) is 30.4 Å². The Hall–Kier alpha value is -1.96. The van der Waals surface area contributed by atoms with Gasteiger partial charge in [0.15, 0.2) is 0 Å². The van der Waals surface area contributed by atoms with Crippen LogP contribution in [0.4, 0.5) is 0 Å². The van der Waals surface area contributed by atoms with Crippen LogP contribution in [0.1, 0.15) is 64.9 Å². The van der Waals surface area contributed by atoms with Gasteiger partial charge >= 0.3 is 11.9 Å². The van der Waals surface area contributed by atoms with Crippen molar-refractivity contribution in [1.29, 1.82) is 0 Å². The molecule has 1 aromatic carbocycles. The predicted molar refractivity (Wildman–Crippen MR) is 116 cm³/mol. The normalized spacial score (nSPS) is 12.5. The fraction of sp³-hybridized carbons (Fsp3) is 0.652. The van der Waals surface area contributed by atoms with E-state index in [1.165, 1.54) is 12.0 Å². The topological polar surface area (TPSA) is 102 Å². The van der Waals surface area contributed by atoms with Gasteiger partial charge in [0, 0.05) is 19.4 Å². The fourth-order valence-electron chi connectivity index (χ4n) is 2.26. The Kier molecular flexibility index (Phi) is 17.8. The predicted octanol–water partition coefficient (Wildman–Crippen LogP) is 4.53. The number of carboxylic acid groups (broad SMARTS) is 2. The van der Waals surface area contributed by atoms with Gasteiger partial charge in [-0.15, -0.1) is 0 Å². The number of hydrogen-bond acceptors (Lipinski definition) is 5. The second-order valence-electron chi connectivity index (χ2n) is 7.17. The first-order valence-corrected chi connectivity index (χ1v) is 10.6. The number of rotatable bonds is 16. The molecule has 2 unspecified atom stereocenters. The molecule has 0 heterocycles. The summed E-state index contributed by atoms with van der Waals surface area (Å²) in [5, 5.41) is 16.3. The molecule has 1 rings (SSSR count). The summed E-state index contributed by atoms with van der Waals surface area (Å²) >= 11 is 0. The summed E-state index contributed by atoms with van der Waals surface area (Å²) in [6, 6.07) is 10.2. The molecule has 0 aliphatic carbocycles. The SMILES string of the molecule is CCCCOCC(C)OCC(C)OCc1ccccc1.O=C(O)CCCCC(=O)O. The number of carboxylic acids is 2. The Morgan fingerprint density at radius 2 is 1.43 bits per heavy atom. The van der Waals surface area contributed by atoms with E-state index in [2.05, 4.69) is 19.1 Å². The van der Waals surface area contributed by atoms with Crippen LogP contribution in [0, 0.1) is 0 Å². The molecule has 7 heteroatoms. The fourth-order valence-corrected chi connectivity index (χ4v) is 2.26. The minimum atomic E-state index is -0.870. The van der Waals surface area contributed by atoms with Gasteiger partial charge in [-0.1, -0.05) is 43.7 Å². The highest BCUT2D eigenvalue weighted by Gasteiger charge is 2.07. The zero-order valence-electron chi connectivity index (χ0n) is 18.5. The zero-order valence-corrected chi connectivity index (χ0v) is 18.5. The van der Waals surface area contributed by atoms with Gasteiger partial charge < -0.3 is 24.4 Å². The molecule has 30 heavy (non-hydrogen) atoms. The van der Waals surface area contributed by atoms with Crippen LogP contribution in [-0.4, -0.2) is 54.2 Å². The van der Waals surface area contributed by atoms with Crippen LogP contribution >= 0.6 is 0 Å². The van der Waals surface area contributed by atoms with Crippen LogP contribution in [0.3, 0.4) is 0 Å². The standard InChI is InChI=1S/C17H28O3.C6H10O4/c1-4-5-11-18-12-15(2)19-13-16(3)20-14-17-9-7-6-8-10-17;7-5(8)3-1-2-4-6(9)10/h6-10,15-16H,4-5,11-14H2,1-3H3;1-4H2,(H,7,8)(H,9,10). The molecule has 0 aliphatic rings. The van der Waals surface area contributed by atoms with Crippen LogP contribution in [0.25, 0.3) is 0 Å². The van der Waals surface area contributed by atoms with Gasteiger partial charge in [0.2, 0.25) is 0 Å². The Balaban J connectivity index is 0.000000710. The molecule has 172 valence electrons. The number of carbonyl (C=O) groups is 2. The van der Waals surface area contributed by atoms with E-state index >= 15 is 0 Å². The van der Waals surface area contributed by atoms with Gasteiger partial charge in [-0.25, -0.2) is 0 Å². The molecular formula is C23H38O7. The van der Waals surface area contributed by atoms with E-state index in [9.17, 15) is 9.59 Å². The third-order valence-electron chi connectivity index (χ3n) is 4.02. The molecule has 1 aromatic rings. The maximum atomic E-state index is 9.90. The van der Waals surface area contributed by atoms with E-state index in [0.29, 0.717) is 32.7 Å². The Morgan fingerprint density at radius 1 is 0.867 bits per heavy atom. The average Bonchev–Trinajstić information content (AvgIpc) is 2.72. The third kappa shape index (κ3) is 19.4. The minimum Gasteiger partial charge on any atom is -0.481 e. The van der Waals surface area contributed by atoms with Crippen LogP contribution in [0.15, 0.2) is 30.3 Å². The molecule has 0 fully saturated rings. The molecule has 2 atom stereocenters. The molecular weight excluding hydrogens is 388 g/mol. The van der Waals surface area contributed by atoms with Crippen molar-refractivity contribution in [2.24, 2.45) is 0 Å². The second-order valence-corrected chi connectivity index (χ2v) is 7.17. The Labute approximate surface area is 180 Å². The largest absolute Gasteiger partial charge is 0.481 e. The Morgan fingerprint density at radius 3 is 1.97 bits per heavy atom. The quantitative estimate of drug-likeness (QED) is 0.374. The number of unbranched alkanes of at least 4 members (excludes halogenated alkanes) is 2. The van der Waals surface area contributed by atoms with Gasteiger partial charge in [-0.2, -0.15) is 0 Å². The van der Waals surface area contributed by atoms with Crippen molar-refractivity contribution in [3.05, 3.63) is 35.9 Å². The van der Waals surface area contributed by atoms with Crippen molar-refractivity contribution in [2.45, 2.75) is 78.1 Å². The summed E-state index contributed by atoms with van der Waals surface area (Å²) in [5.74, 6) is -1.74. The number of aliphatic carboxylic acids is 2. The maximum Gasteiger partial charge on any atom is 0.303 e. The van der Waals surface area contributed by atoms with E-state index in [-0.39, 0.29) is 25.0 Å². The van der Waals surface area contributed by atoms with E-state index in [4.69, 9.17) is 24.4 Å². The molecule has 0 spiro atoms. The lowest BCUT2D eigenvalue weighted by Crippen LogP contribution is -2.23. The van der Waals surface area contributed by atoms with Crippen molar-refractivity contribution in [2.75, 3.05) is 19.8 Å². The minimum absolute atomic E-state index is 0.0628. The lowest BCUT2D eigenvalue weighted by molar-refractivity contribution is -0.139. The van der Waals surface area contributed by atoms with Crippen LogP contribution < -0.4 is 0 Å². The van der Waals surface area contributed by atoms with Crippen molar-refractivity contribution in [3.63, 3.8) is 0 Å². The first kappa shape index (κ1) is 28.0. The Bertz CT molecular complexity index is 532. The van der Waals surface area contributed by atoms with Gasteiger partial charge in [-0.05, 0) is 38.7 Å². The van der Waals surface area contributed by atoms with E-state index in [1.807, 2.05) is 32.0 Å². The summed E-state index contributed by atoms with van der Waals surface area (Å²) in [4.78, 5) is 19.8. The molecule has 2 N–H and O–H groups in total. The third-order valence-corrected chi connectivity index (χ3v) is 4.02. The molecule has 0 saturated heterocycles. The molecule has 0 saturated carbocycles. The number of ether oxygens (including phenoxy) is 3. The number of hydrogen-bond donors (Lipinski definition) is 2. The maximum absolute atomic E-state index is 9.90. The summed E-state index contributed by atoms with van der Waals surface area (Å²) in [6.07, 6.45) is 3.51. The highest BCUT2D eigenvalue weighted by atomic mass is 16.6. The van der Waals surface area contributed by atoms with Crippen molar-refractivity contribution in [3.8, 4) is 0 Å². The lowest BCUT2D eigenvalue weighted by Gasteiger charge is -2.18. The summed E-state index contributed by atoms with van der Waals surface area (Å²) < 4.78 is 17.0. The van der Waals surface area contributed by atoms with Gasteiger partial charge in [0.25, 0.3) is 0 Å². The van der Waals surface area contributed by atoms with Crippen molar-refractivity contribution >= 4 is 11.9 Å². The summed E-state index contributed by atoms with van der Waals surface area (Å²) in [6.45, 7) is 8.95. The van der Waals surface area contributed by atoms with Gasteiger partial charge in [0.05, 0.1) is 32.0 Å². The monoisotopic (exact) mass is 426 g/mol. The molecule has 0 bridgehead atoms. The van der Waals surface area contributed by atoms with Gasteiger partial charge in [0.1, 0.15) is 0 Å².